The van der Waals surface area contributed by atoms with Gasteiger partial charge in [-0.3, -0.25) is 10.1 Å². The van der Waals surface area contributed by atoms with E-state index < -0.39 is 9.84 Å². The van der Waals surface area contributed by atoms with E-state index in [1.165, 1.54) is 12.1 Å². The third kappa shape index (κ3) is 3.92. The lowest BCUT2D eigenvalue weighted by molar-refractivity contribution is 0.102. The maximum atomic E-state index is 12.1. The van der Waals surface area contributed by atoms with Crippen molar-refractivity contribution in [3.63, 3.8) is 0 Å². The molecule has 1 heterocycles. The number of sulfone groups is 1. The van der Waals surface area contributed by atoms with Gasteiger partial charge in [-0.1, -0.05) is 28.9 Å². The second kappa shape index (κ2) is 6.48. The molecule has 0 aliphatic heterocycles. The molecule has 0 atom stereocenters. The zero-order valence-corrected chi connectivity index (χ0v) is 14.4. The van der Waals surface area contributed by atoms with Gasteiger partial charge in [0.15, 0.2) is 9.84 Å². The summed E-state index contributed by atoms with van der Waals surface area (Å²) in [5.41, 5.74) is 1.96. The fraction of sp³-hybridized carbons (Fsp3) is 0.118. The molecule has 0 unspecified atom stereocenters. The van der Waals surface area contributed by atoms with E-state index in [1.807, 2.05) is 19.1 Å². The van der Waals surface area contributed by atoms with Crippen molar-refractivity contribution in [2.45, 2.75) is 11.8 Å². The lowest BCUT2D eigenvalue weighted by Gasteiger charge is -2.01. The number of aromatic nitrogens is 2. The highest BCUT2D eigenvalue weighted by Crippen LogP contribution is 2.23. The molecule has 8 heteroatoms. The Kier molecular flexibility index (Phi) is 4.37. The molecule has 0 fully saturated rings. The smallest absolute Gasteiger partial charge is 0.322 e. The third-order valence-electron chi connectivity index (χ3n) is 3.47. The van der Waals surface area contributed by atoms with Crippen LogP contribution in [0.15, 0.2) is 57.8 Å². The molecule has 0 radical (unpaired) electrons. The van der Waals surface area contributed by atoms with Crippen LogP contribution < -0.4 is 5.32 Å². The molecule has 1 aromatic heterocycles. The standard InChI is InChI=1S/C17H15N3O4S/c1-11-6-8-12(9-7-11)15(21)18-17-20-19-16(24-17)13-4-3-5-14(10-13)25(2,22)23/h3-10H,1-2H3,(H,18,20,21). The first-order chi connectivity index (χ1) is 11.8. The minimum absolute atomic E-state index is 0.0645. The quantitative estimate of drug-likeness (QED) is 0.770. The van der Waals surface area contributed by atoms with Crippen molar-refractivity contribution < 1.29 is 17.6 Å². The fourth-order valence-electron chi connectivity index (χ4n) is 2.12. The van der Waals surface area contributed by atoms with E-state index in [4.69, 9.17) is 4.42 Å². The largest absolute Gasteiger partial charge is 0.403 e. The molecule has 0 aliphatic carbocycles. The molecule has 1 N–H and O–H groups in total. The average Bonchev–Trinajstić information content (AvgIpc) is 3.03. The number of carbonyl (C=O) groups is 1. The van der Waals surface area contributed by atoms with E-state index in [0.717, 1.165) is 11.8 Å². The number of benzene rings is 2. The van der Waals surface area contributed by atoms with E-state index in [1.54, 1.807) is 24.3 Å². The number of nitrogens with one attached hydrogen (secondary N) is 1. The Morgan fingerprint density at radius 2 is 1.80 bits per heavy atom. The molecule has 3 aromatic rings. The summed E-state index contributed by atoms with van der Waals surface area (Å²) in [6.45, 7) is 1.93. The van der Waals surface area contributed by atoms with Gasteiger partial charge in [0.25, 0.3) is 5.91 Å². The van der Waals surface area contributed by atoms with Gasteiger partial charge >= 0.3 is 6.01 Å². The molecule has 2 aromatic carbocycles. The van der Waals surface area contributed by atoms with Crippen LogP contribution in [0.5, 0.6) is 0 Å². The summed E-state index contributed by atoms with van der Waals surface area (Å²) < 4.78 is 28.7. The van der Waals surface area contributed by atoms with Gasteiger partial charge in [-0.2, -0.15) is 0 Å². The van der Waals surface area contributed by atoms with E-state index in [-0.39, 0.29) is 22.7 Å². The number of nitrogens with zero attached hydrogens (tertiary/aromatic N) is 2. The summed E-state index contributed by atoms with van der Waals surface area (Å²) >= 11 is 0. The molecular formula is C17H15N3O4S. The third-order valence-corrected chi connectivity index (χ3v) is 4.58. The lowest BCUT2D eigenvalue weighted by Crippen LogP contribution is -2.11. The van der Waals surface area contributed by atoms with Gasteiger partial charge in [-0.25, -0.2) is 8.42 Å². The van der Waals surface area contributed by atoms with Crippen LogP contribution in [0.1, 0.15) is 15.9 Å². The zero-order chi connectivity index (χ0) is 18.0. The van der Waals surface area contributed by atoms with Crippen molar-refractivity contribution in [3.8, 4) is 11.5 Å². The predicted molar refractivity (Wildman–Crippen MR) is 92.0 cm³/mol. The molecular weight excluding hydrogens is 342 g/mol. The van der Waals surface area contributed by atoms with Crippen LogP contribution in [-0.2, 0) is 9.84 Å². The van der Waals surface area contributed by atoms with Gasteiger partial charge in [0, 0.05) is 17.4 Å². The average molecular weight is 357 g/mol. The summed E-state index contributed by atoms with van der Waals surface area (Å²) in [7, 11) is -3.34. The molecule has 0 bridgehead atoms. The number of aryl methyl sites for hydroxylation is 1. The van der Waals surface area contributed by atoms with Crippen LogP contribution >= 0.6 is 0 Å². The maximum Gasteiger partial charge on any atom is 0.322 e. The maximum absolute atomic E-state index is 12.1. The van der Waals surface area contributed by atoms with E-state index in [2.05, 4.69) is 15.5 Å². The molecule has 25 heavy (non-hydrogen) atoms. The molecule has 7 nitrogen and oxygen atoms in total. The highest BCUT2D eigenvalue weighted by molar-refractivity contribution is 7.90. The SMILES string of the molecule is Cc1ccc(C(=O)Nc2nnc(-c3cccc(S(C)(=O)=O)c3)o2)cc1. The monoisotopic (exact) mass is 357 g/mol. The first-order valence-electron chi connectivity index (χ1n) is 7.35. The van der Waals surface area contributed by atoms with Crippen molar-refractivity contribution in [2.24, 2.45) is 0 Å². The van der Waals surface area contributed by atoms with E-state index in [9.17, 15) is 13.2 Å². The Labute approximate surface area is 144 Å². The summed E-state index contributed by atoms with van der Waals surface area (Å²) in [6, 6.07) is 13.1. The van der Waals surface area contributed by atoms with Crippen LogP contribution in [0, 0.1) is 6.92 Å². The topological polar surface area (TPSA) is 102 Å². The minimum atomic E-state index is -3.34. The number of hydrogen-bond donors (Lipinski definition) is 1. The van der Waals surface area contributed by atoms with Gasteiger partial charge in [0.05, 0.1) is 4.90 Å². The predicted octanol–water partition coefficient (Wildman–Crippen LogP) is 2.70. The fourth-order valence-corrected chi connectivity index (χ4v) is 2.79. The summed E-state index contributed by atoms with van der Waals surface area (Å²) in [5.74, 6) is -0.259. The van der Waals surface area contributed by atoms with Gasteiger partial charge in [-0.05, 0) is 37.3 Å². The molecule has 1 amide bonds. The van der Waals surface area contributed by atoms with Crippen molar-refractivity contribution in [3.05, 3.63) is 59.7 Å². The number of amides is 1. The second-order valence-electron chi connectivity index (χ2n) is 5.53. The van der Waals surface area contributed by atoms with Gasteiger partial charge < -0.3 is 4.42 Å². The van der Waals surface area contributed by atoms with Gasteiger partial charge in [0.1, 0.15) is 0 Å². The van der Waals surface area contributed by atoms with E-state index >= 15 is 0 Å². The molecule has 3 rings (SSSR count). The second-order valence-corrected chi connectivity index (χ2v) is 7.55. The first-order valence-corrected chi connectivity index (χ1v) is 9.24. The number of carbonyl (C=O) groups excluding carboxylic acids is 1. The Morgan fingerprint density at radius 1 is 1.08 bits per heavy atom. The van der Waals surface area contributed by atoms with Gasteiger partial charge in [0.2, 0.25) is 5.89 Å². The molecule has 0 spiro atoms. The van der Waals surface area contributed by atoms with Crippen LogP contribution in [0.3, 0.4) is 0 Å². The van der Waals surface area contributed by atoms with Crippen LogP contribution in [0.25, 0.3) is 11.5 Å². The number of rotatable bonds is 4. The molecule has 0 saturated carbocycles. The van der Waals surface area contributed by atoms with Crippen molar-refractivity contribution in [1.82, 2.24) is 10.2 Å². The Bertz CT molecular complexity index is 1020. The van der Waals surface area contributed by atoms with Crippen molar-refractivity contribution >= 4 is 21.8 Å². The Morgan fingerprint density at radius 3 is 2.48 bits per heavy atom. The molecule has 0 saturated heterocycles. The number of anilines is 1. The summed E-state index contributed by atoms with van der Waals surface area (Å²) in [4.78, 5) is 12.3. The van der Waals surface area contributed by atoms with Crippen LogP contribution in [-0.4, -0.2) is 30.8 Å². The lowest BCUT2D eigenvalue weighted by atomic mass is 10.1. The zero-order valence-electron chi connectivity index (χ0n) is 13.6. The van der Waals surface area contributed by atoms with Crippen LogP contribution in [0.2, 0.25) is 0 Å². The summed E-state index contributed by atoms with van der Waals surface area (Å²) in [5, 5.41) is 10.1. The first kappa shape index (κ1) is 16.8. The van der Waals surface area contributed by atoms with E-state index in [0.29, 0.717) is 11.1 Å². The van der Waals surface area contributed by atoms with Crippen LogP contribution in [0.4, 0.5) is 6.01 Å². The number of hydrogen-bond acceptors (Lipinski definition) is 6. The molecule has 0 aliphatic rings. The molecule has 128 valence electrons. The highest BCUT2D eigenvalue weighted by atomic mass is 32.2. The Hall–Kier alpha value is -3.00. The normalized spacial score (nSPS) is 11.3. The minimum Gasteiger partial charge on any atom is -0.403 e. The van der Waals surface area contributed by atoms with Gasteiger partial charge in [-0.15, -0.1) is 5.10 Å². The summed E-state index contributed by atoms with van der Waals surface area (Å²) in [6.07, 6.45) is 1.12. The Balaban J connectivity index is 1.81. The highest BCUT2D eigenvalue weighted by Gasteiger charge is 2.14. The van der Waals surface area contributed by atoms with Crippen molar-refractivity contribution in [1.29, 1.82) is 0 Å². The van der Waals surface area contributed by atoms with Crippen molar-refractivity contribution in [2.75, 3.05) is 11.6 Å².